The smallest absolute Gasteiger partial charge is 0.259 e. The van der Waals surface area contributed by atoms with Crippen LogP contribution in [0.1, 0.15) is 47.9 Å². The number of likely N-dealkylation sites (N-methyl/N-ethyl adjacent to an activating group) is 1. The summed E-state index contributed by atoms with van der Waals surface area (Å²) < 4.78 is 6.11. The number of amides is 1. The van der Waals surface area contributed by atoms with E-state index in [1.165, 1.54) is 29.5 Å². The molecule has 2 spiro atoms. The largest absolute Gasteiger partial charge is 0.493 e. The van der Waals surface area contributed by atoms with Gasteiger partial charge < -0.3 is 10.1 Å². The maximum absolute atomic E-state index is 13.9. The molecule has 160 valence electrons. The first-order valence-electron chi connectivity index (χ1n) is 11.5. The van der Waals surface area contributed by atoms with Crippen LogP contribution in [0.5, 0.6) is 5.75 Å². The number of rotatable bonds is 3. The first-order chi connectivity index (χ1) is 15.0. The molecular formula is C26H28N2O2S. The van der Waals surface area contributed by atoms with Crippen LogP contribution in [0.15, 0.2) is 42.5 Å². The number of nitrogens with one attached hydrogen (secondary N) is 1. The summed E-state index contributed by atoms with van der Waals surface area (Å²) in [5, 5.41) is 4.09. The van der Waals surface area contributed by atoms with Crippen LogP contribution in [0.3, 0.4) is 0 Å². The third-order valence-corrected chi connectivity index (χ3v) is 8.46. The quantitative estimate of drug-likeness (QED) is 0.741. The number of fused-ring (bicyclic) bond motifs is 4. The Bertz CT molecular complexity index is 1070. The molecule has 1 amide bonds. The zero-order valence-electron chi connectivity index (χ0n) is 17.9. The molecule has 0 bridgehead atoms. The van der Waals surface area contributed by atoms with Gasteiger partial charge in [-0.15, -0.1) is 0 Å². The van der Waals surface area contributed by atoms with Crippen molar-refractivity contribution >= 4 is 23.2 Å². The summed E-state index contributed by atoms with van der Waals surface area (Å²) in [5.74, 6) is 1.65. The van der Waals surface area contributed by atoms with Crippen LogP contribution in [-0.4, -0.2) is 29.6 Å². The first kappa shape index (κ1) is 19.3. The number of thiocarbonyl (C=S) groups is 1. The molecule has 1 saturated heterocycles. The summed E-state index contributed by atoms with van der Waals surface area (Å²) in [6.07, 6.45) is 7.33. The SMILES string of the molecule is CN1C(=O)C2(NC1=S)c1cc(OCC3CC3)ccc1CC21CCc2ccccc2CC1. The van der Waals surface area contributed by atoms with E-state index in [1.54, 1.807) is 11.9 Å². The molecule has 6 rings (SSSR count). The number of carbonyl (C=O) groups excluding carboxylic acids is 1. The molecule has 0 aromatic heterocycles. The number of nitrogens with zero attached hydrogens (tertiary/aromatic N) is 1. The fourth-order valence-corrected chi connectivity index (χ4v) is 6.32. The van der Waals surface area contributed by atoms with E-state index in [4.69, 9.17) is 17.0 Å². The average Bonchev–Trinajstić information content (AvgIpc) is 3.56. The van der Waals surface area contributed by atoms with Gasteiger partial charge in [0, 0.05) is 12.5 Å². The highest BCUT2D eigenvalue weighted by Crippen LogP contribution is 2.59. The lowest BCUT2D eigenvalue weighted by Crippen LogP contribution is -2.55. The van der Waals surface area contributed by atoms with Crippen LogP contribution < -0.4 is 10.1 Å². The summed E-state index contributed by atoms with van der Waals surface area (Å²) in [5.41, 5.74) is 4.16. The third kappa shape index (κ3) is 2.78. The van der Waals surface area contributed by atoms with Crippen molar-refractivity contribution in [3.05, 3.63) is 64.7 Å². The highest BCUT2D eigenvalue weighted by molar-refractivity contribution is 7.80. The maximum atomic E-state index is 13.9. The summed E-state index contributed by atoms with van der Waals surface area (Å²) >= 11 is 5.60. The molecule has 4 nitrogen and oxygen atoms in total. The number of hydrogen-bond acceptors (Lipinski definition) is 3. The fraction of sp³-hybridized carbons (Fsp3) is 0.462. The average molecular weight is 433 g/mol. The third-order valence-electron chi connectivity index (χ3n) is 8.08. The molecule has 5 heteroatoms. The molecule has 2 fully saturated rings. The van der Waals surface area contributed by atoms with Gasteiger partial charge in [0.05, 0.1) is 6.61 Å². The van der Waals surface area contributed by atoms with E-state index in [2.05, 4.69) is 47.8 Å². The summed E-state index contributed by atoms with van der Waals surface area (Å²) in [6.45, 7) is 0.770. The summed E-state index contributed by atoms with van der Waals surface area (Å²) in [7, 11) is 1.80. The van der Waals surface area contributed by atoms with Crippen LogP contribution in [0.25, 0.3) is 0 Å². The molecule has 1 N–H and O–H groups in total. The minimum atomic E-state index is -0.796. The van der Waals surface area contributed by atoms with Gasteiger partial charge in [-0.1, -0.05) is 30.3 Å². The molecule has 4 aliphatic rings. The van der Waals surface area contributed by atoms with Crippen LogP contribution in [-0.2, 0) is 29.6 Å². The second kappa shape index (κ2) is 6.80. The Morgan fingerprint density at radius 3 is 2.42 bits per heavy atom. The first-order valence-corrected chi connectivity index (χ1v) is 11.9. The molecule has 31 heavy (non-hydrogen) atoms. The molecule has 1 atom stereocenters. The Hall–Kier alpha value is -2.40. The second-order valence-electron chi connectivity index (χ2n) is 9.84. The highest BCUT2D eigenvalue weighted by atomic mass is 32.1. The molecule has 1 heterocycles. The standard InChI is InChI=1S/C26H28N2O2S/c1-28-23(29)26(27-24(28)31)22-14-21(30-16-17-6-7-17)9-8-20(22)15-25(26)12-10-18-4-2-3-5-19(18)11-13-25/h2-5,8-9,14,17H,6-7,10-13,15-16H2,1H3,(H,27,31). The molecule has 1 saturated carbocycles. The number of benzene rings is 2. The van der Waals surface area contributed by atoms with E-state index < -0.39 is 5.54 Å². The highest BCUT2D eigenvalue weighted by Gasteiger charge is 2.66. The van der Waals surface area contributed by atoms with Crippen molar-refractivity contribution in [3.8, 4) is 5.75 Å². The number of carbonyl (C=O) groups is 1. The van der Waals surface area contributed by atoms with E-state index in [9.17, 15) is 4.79 Å². The van der Waals surface area contributed by atoms with Gasteiger partial charge in [-0.2, -0.15) is 0 Å². The number of ether oxygens (including phenoxy) is 1. The number of aryl methyl sites for hydroxylation is 2. The Morgan fingerprint density at radius 2 is 1.81 bits per heavy atom. The van der Waals surface area contributed by atoms with Crippen molar-refractivity contribution in [1.82, 2.24) is 10.2 Å². The topological polar surface area (TPSA) is 41.6 Å². The lowest BCUT2D eigenvalue weighted by molar-refractivity contribution is -0.135. The minimum absolute atomic E-state index is 0.0848. The van der Waals surface area contributed by atoms with E-state index in [0.29, 0.717) is 11.0 Å². The van der Waals surface area contributed by atoms with Crippen molar-refractivity contribution in [3.63, 3.8) is 0 Å². The van der Waals surface area contributed by atoms with E-state index in [1.807, 2.05) is 0 Å². The maximum Gasteiger partial charge on any atom is 0.259 e. The monoisotopic (exact) mass is 432 g/mol. The van der Waals surface area contributed by atoms with E-state index in [0.717, 1.165) is 50.0 Å². The predicted octanol–water partition coefficient (Wildman–Crippen LogP) is 4.14. The summed E-state index contributed by atoms with van der Waals surface area (Å²) in [6, 6.07) is 15.1. The van der Waals surface area contributed by atoms with Crippen LogP contribution in [0, 0.1) is 11.3 Å². The molecule has 0 radical (unpaired) electrons. The van der Waals surface area contributed by atoms with Gasteiger partial charge >= 0.3 is 0 Å². The molecular weight excluding hydrogens is 404 g/mol. The lowest BCUT2D eigenvalue weighted by Gasteiger charge is -2.42. The van der Waals surface area contributed by atoms with Crippen molar-refractivity contribution in [2.75, 3.05) is 13.7 Å². The Balaban J connectivity index is 1.44. The number of hydrogen-bond donors (Lipinski definition) is 1. The van der Waals surface area contributed by atoms with Gasteiger partial charge in [0.1, 0.15) is 5.75 Å². The van der Waals surface area contributed by atoms with Crippen LogP contribution >= 0.6 is 12.2 Å². The van der Waals surface area contributed by atoms with Crippen molar-refractivity contribution in [2.45, 2.75) is 50.5 Å². The van der Waals surface area contributed by atoms with Crippen LogP contribution in [0.2, 0.25) is 0 Å². The fourth-order valence-electron chi connectivity index (χ4n) is 6.08. The second-order valence-corrected chi connectivity index (χ2v) is 10.2. The Kier molecular flexibility index (Phi) is 4.23. The van der Waals surface area contributed by atoms with E-state index in [-0.39, 0.29) is 11.3 Å². The molecule has 3 aliphatic carbocycles. The van der Waals surface area contributed by atoms with Gasteiger partial charge in [0.15, 0.2) is 10.7 Å². The Labute approximate surface area is 189 Å². The van der Waals surface area contributed by atoms with Gasteiger partial charge in [-0.3, -0.25) is 9.69 Å². The van der Waals surface area contributed by atoms with Crippen molar-refractivity contribution < 1.29 is 9.53 Å². The normalized spacial score (nSPS) is 26.0. The van der Waals surface area contributed by atoms with Crippen molar-refractivity contribution in [1.29, 1.82) is 0 Å². The zero-order chi connectivity index (χ0) is 21.2. The lowest BCUT2D eigenvalue weighted by atomic mass is 9.65. The van der Waals surface area contributed by atoms with Gasteiger partial charge in [0.25, 0.3) is 5.91 Å². The molecule has 2 aromatic carbocycles. The molecule has 1 aliphatic heterocycles. The van der Waals surface area contributed by atoms with Crippen LogP contribution in [0.4, 0.5) is 0 Å². The van der Waals surface area contributed by atoms with Gasteiger partial charge in [0.2, 0.25) is 0 Å². The van der Waals surface area contributed by atoms with Gasteiger partial charge in [-0.25, -0.2) is 0 Å². The minimum Gasteiger partial charge on any atom is -0.493 e. The van der Waals surface area contributed by atoms with E-state index >= 15 is 0 Å². The van der Waals surface area contributed by atoms with Crippen molar-refractivity contribution in [2.24, 2.45) is 11.3 Å². The Morgan fingerprint density at radius 1 is 1.10 bits per heavy atom. The zero-order valence-corrected chi connectivity index (χ0v) is 18.8. The molecule has 1 unspecified atom stereocenters. The molecule has 2 aromatic rings. The predicted molar refractivity (Wildman–Crippen MR) is 124 cm³/mol. The summed E-state index contributed by atoms with van der Waals surface area (Å²) in [4.78, 5) is 15.5. The van der Waals surface area contributed by atoms with Gasteiger partial charge in [-0.05, 0) is 97.5 Å².